The molecule has 0 N–H and O–H groups in total. The van der Waals surface area contributed by atoms with Gasteiger partial charge in [0.1, 0.15) is 22.3 Å². The van der Waals surface area contributed by atoms with Crippen molar-refractivity contribution in [2.75, 3.05) is 0 Å². The lowest BCUT2D eigenvalue weighted by Gasteiger charge is -2.19. The van der Waals surface area contributed by atoms with Gasteiger partial charge in [0, 0.05) is 21.5 Å². The van der Waals surface area contributed by atoms with Gasteiger partial charge < -0.3 is 8.83 Å². The highest BCUT2D eigenvalue weighted by Crippen LogP contribution is 2.48. The van der Waals surface area contributed by atoms with E-state index < -0.39 is 0 Å². The Labute approximate surface area is 299 Å². The molecule has 0 spiro atoms. The first kappa shape index (κ1) is 28.9. The number of furan rings is 2. The second kappa shape index (κ2) is 11.3. The number of rotatable bonds is 4. The standard InChI is InChI=1S/C50H30O2/c1-2-13-31(14-3-1)32-15-12-16-34(27-32)48-37-18-4-6-20-39(37)49(40-21-7-5-19-38(40)48)43-29-35(30-47-50(43)41-22-9-11-24-45(41)52-47)33-25-26-46-42(28-33)36-17-8-10-23-44(36)51-46/h1-30H. The van der Waals surface area contributed by atoms with Crippen LogP contribution in [0.4, 0.5) is 0 Å². The Balaban J connectivity index is 1.23. The average Bonchev–Trinajstić information content (AvgIpc) is 3.78. The Hall–Kier alpha value is -6.90. The molecule has 0 radical (unpaired) electrons. The zero-order valence-corrected chi connectivity index (χ0v) is 28.1. The van der Waals surface area contributed by atoms with Crippen LogP contribution in [0.25, 0.3) is 110 Å². The van der Waals surface area contributed by atoms with Gasteiger partial charge in [0.2, 0.25) is 0 Å². The van der Waals surface area contributed by atoms with Crippen LogP contribution in [0.15, 0.2) is 191 Å². The van der Waals surface area contributed by atoms with E-state index in [1.54, 1.807) is 0 Å². The Morgan fingerprint density at radius 3 is 1.50 bits per heavy atom. The zero-order chi connectivity index (χ0) is 34.2. The predicted octanol–water partition coefficient (Wildman–Crippen LogP) is 14.5. The molecule has 0 atom stereocenters. The van der Waals surface area contributed by atoms with Crippen LogP contribution in [-0.4, -0.2) is 0 Å². The van der Waals surface area contributed by atoms with Crippen molar-refractivity contribution in [1.29, 1.82) is 0 Å². The molecule has 2 nitrogen and oxygen atoms in total. The Kier molecular flexibility index (Phi) is 6.28. The number of hydrogen-bond acceptors (Lipinski definition) is 2. The van der Waals surface area contributed by atoms with Gasteiger partial charge in [-0.05, 0) is 109 Å². The Morgan fingerprint density at radius 1 is 0.250 bits per heavy atom. The summed E-state index contributed by atoms with van der Waals surface area (Å²) < 4.78 is 12.9. The maximum Gasteiger partial charge on any atom is 0.136 e. The lowest BCUT2D eigenvalue weighted by Crippen LogP contribution is -1.92. The summed E-state index contributed by atoms with van der Waals surface area (Å²) in [5.74, 6) is 0. The van der Waals surface area contributed by atoms with E-state index in [1.165, 1.54) is 49.4 Å². The molecular weight excluding hydrogens is 633 g/mol. The number of fused-ring (bicyclic) bond motifs is 8. The minimum atomic E-state index is 0.874. The summed E-state index contributed by atoms with van der Waals surface area (Å²) in [5.41, 5.74) is 13.0. The molecule has 2 heteroatoms. The van der Waals surface area contributed by atoms with Crippen LogP contribution >= 0.6 is 0 Å². The number of hydrogen-bond donors (Lipinski definition) is 0. The Bertz CT molecular complexity index is 3120. The first-order chi connectivity index (χ1) is 25.8. The second-order valence-electron chi connectivity index (χ2n) is 13.6. The summed E-state index contributed by atoms with van der Waals surface area (Å²) in [6, 6.07) is 65.1. The molecule has 0 unspecified atom stereocenters. The molecule has 0 aliphatic carbocycles. The van der Waals surface area contributed by atoms with Gasteiger partial charge in [0.15, 0.2) is 0 Å². The van der Waals surface area contributed by atoms with Gasteiger partial charge in [-0.15, -0.1) is 0 Å². The summed E-state index contributed by atoms with van der Waals surface area (Å²) >= 11 is 0. The lowest BCUT2D eigenvalue weighted by atomic mass is 9.83. The van der Waals surface area contributed by atoms with E-state index in [0.717, 1.165) is 60.6 Å². The Morgan fingerprint density at radius 2 is 0.769 bits per heavy atom. The molecule has 0 saturated carbocycles. The van der Waals surface area contributed by atoms with Crippen molar-refractivity contribution in [2.24, 2.45) is 0 Å². The maximum atomic E-state index is 6.67. The van der Waals surface area contributed by atoms with Crippen molar-refractivity contribution in [1.82, 2.24) is 0 Å². The summed E-state index contributed by atoms with van der Waals surface area (Å²) in [4.78, 5) is 0. The highest BCUT2D eigenvalue weighted by atomic mass is 16.3. The molecule has 9 aromatic carbocycles. The molecule has 0 bridgehead atoms. The number of para-hydroxylation sites is 2. The van der Waals surface area contributed by atoms with E-state index in [0.29, 0.717) is 0 Å². The second-order valence-corrected chi connectivity index (χ2v) is 13.6. The SMILES string of the molecule is c1ccc(-c2cccc(-c3c4ccccc4c(-c4cc(-c5ccc6oc7ccccc7c6c5)cc5oc6ccccc6c45)c4ccccc34)c2)cc1. The van der Waals surface area contributed by atoms with Gasteiger partial charge in [-0.1, -0.05) is 140 Å². The molecule has 0 aliphatic heterocycles. The van der Waals surface area contributed by atoms with Crippen LogP contribution in [0.3, 0.4) is 0 Å². The summed E-state index contributed by atoms with van der Waals surface area (Å²) in [6.45, 7) is 0. The number of benzene rings is 9. The van der Waals surface area contributed by atoms with Gasteiger partial charge in [0.25, 0.3) is 0 Å². The van der Waals surface area contributed by atoms with Crippen LogP contribution in [0.1, 0.15) is 0 Å². The summed E-state index contributed by atoms with van der Waals surface area (Å²) in [6.07, 6.45) is 0. The highest BCUT2D eigenvalue weighted by molar-refractivity contribution is 6.26. The first-order valence-corrected chi connectivity index (χ1v) is 17.8. The minimum Gasteiger partial charge on any atom is -0.456 e. The molecule has 11 aromatic rings. The van der Waals surface area contributed by atoms with Crippen LogP contribution in [0.2, 0.25) is 0 Å². The van der Waals surface area contributed by atoms with Crippen molar-refractivity contribution in [3.05, 3.63) is 182 Å². The third-order valence-electron chi connectivity index (χ3n) is 10.6. The molecule has 0 fully saturated rings. The van der Waals surface area contributed by atoms with Crippen LogP contribution in [-0.2, 0) is 0 Å². The van der Waals surface area contributed by atoms with E-state index in [-0.39, 0.29) is 0 Å². The smallest absolute Gasteiger partial charge is 0.136 e. The zero-order valence-electron chi connectivity index (χ0n) is 28.1. The van der Waals surface area contributed by atoms with Crippen molar-refractivity contribution in [2.45, 2.75) is 0 Å². The third-order valence-corrected chi connectivity index (χ3v) is 10.6. The molecule has 0 aliphatic rings. The molecule has 11 rings (SSSR count). The summed E-state index contributed by atoms with van der Waals surface area (Å²) in [5, 5.41) is 9.33. The van der Waals surface area contributed by atoms with Gasteiger partial charge in [-0.2, -0.15) is 0 Å². The largest absolute Gasteiger partial charge is 0.456 e. The van der Waals surface area contributed by atoms with Crippen molar-refractivity contribution in [3.8, 4) is 44.5 Å². The molecule has 2 aromatic heterocycles. The molecular formula is C50H30O2. The van der Waals surface area contributed by atoms with Crippen LogP contribution in [0.5, 0.6) is 0 Å². The third kappa shape index (κ3) is 4.38. The van der Waals surface area contributed by atoms with Gasteiger partial charge in [-0.25, -0.2) is 0 Å². The topological polar surface area (TPSA) is 26.3 Å². The van der Waals surface area contributed by atoms with Gasteiger partial charge in [0.05, 0.1) is 0 Å². The van der Waals surface area contributed by atoms with Gasteiger partial charge >= 0.3 is 0 Å². The highest BCUT2D eigenvalue weighted by Gasteiger charge is 2.22. The predicted molar refractivity (Wildman–Crippen MR) is 218 cm³/mol. The van der Waals surface area contributed by atoms with E-state index in [9.17, 15) is 0 Å². The fraction of sp³-hybridized carbons (Fsp3) is 0. The minimum absolute atomic E-state index is 0.874. The van der Waals surface area contributed by atoms with Crippen molar-refractivity contribution >= 4 is 65.4 Å². The molecule has 52 heavy (non-hydrogen) atoms. The lowest BCUT2D eigenvalue weighted by molar-refractivity contribution is 0.669. The van der Waals surface area contributed by atoms with E-state index in [4.69, 9.17) is 8.83 Å². The van der Waals surface area contributed by atoms with Crippen LogP contribution in [0, 0.1) is 0 Å². The fourth-order valence-corrected chi connectivity index (χ4v) is 8.34. The van der Waals surface area contributed by atoms with Crippen molar-refractivity contribution in [3.63, 3.8) is 0 Å². The molecule has 0 saturated heterocycles. The molecule has 2 heterocycles. The van der Waals surface area contributed by atoms with Crippen LogP contribution < -0.4 is 0 Å². The first-order valence-electron chi connectivity index (χ1n) is 17.8. The maximum absolute atomic E-state index is 6.67. The van der Waals surface area contributed by atoms with Gasteiger partial charge in [-0.3, -0.25) is 0 Å². The molecule has 0 amide bonds. The average molecular weight is 663 g/mol. The van der Waals surface area contributed by atoms with Crippen molar-refractivity contribution < 1.29 is 8.83 Å². The summed E-state index contributed by atoms with van der Waals surface area (Å²) in [7, 11) is 0. The van der Waals surface area contributed by atoms with E-state index in [2.05, 4.69) is 164 Å². The quantitative estimate of drug-likeness (QED) is 0.175. The fourth-order valence-electron chi connectivity index (χ4n) is 8.34. The van der Waals surface area contributed by atoms with E-state index >= 15 is 0 Å². The monoisotopic (exact) mass is 662 g/mol. The normalized spacial score (nSPS) is 11.8. The molecule has 242 valence electrons. The van der Waals surface area contributed by atoms with E-state index in [1.807, 2.05) is 18.2 Å².